The van der Waals surface area contributed by atoms with Crippen LogP contribution in [-0.4, -0.2) is 24.3 Å². The first kappa shape index (κ1) is 13.1. The zero-order valence-electron chi connectivity index (χ0n) is 9.55. The minimum atomic E-state index is -1.07. The Morgan fingerprint density at radius 2 is 2.12 bits per heavy atom. The summed E-state index contributed by atoms with van der Waals surface area (Å²) < 4.78 is 10.3. The first-order chi connectivity index (χ1) is 8.19. The van der Waals surface area contributed by atoms with E-state index < -0.39 is 12.1 Å². The highest BCUT2D eigenvalue weighted by molar-refractivity contribution is 5.74. The van der Waals surface area contributed by atoms with Crippen molar-refractivity contribution in [1.29, 1.82) is 0 Å². The molecule has 1 aromatic rings. The Hall–Kier alpha value is -1.99. The summed E-state index contributed by atoms with van der Waals surface area (Å²) in [4.78, 5) is 11.0. The molecular formula is C13H14O4. The third kappa shape index (κ3) is 3.82. The van der Waals surface area contributed by atoms with E-state index in [4.69, 9.17) is 21.0 Å². The van der Waals surface area contributed by atoms with Gasteiger partial charge < -0.3 is 14.6 Å². The quantitative estimate of drug-likeness (QED) is 0.763. The molecule has 90 valence electrons. The predicted molar refractivity (Wildman–Crippen MR) is 62.8 cm³/mol. The van der Waals surface area contributed by atoms with Crippen LogP contribution in [0.25, 0.3) is 0 Å². The maximum absolute atomic E-state index is 11.0. The van der Waals surface area contributed by atoms with Crippen molar-refractivity contribution in [2.24, 2.45) is 0 Å². The Balaban J connectivity index is 2.80. The summed E-state index contributed by atoms with van der Waals surface area (Å²) in [6, 6.07) is 6.71. The minimum Gasteiger partial charge on any atom is -0.494 e. The number of rotatable bonds is 6. The Morgan fingerprint density at radius 1 is 1.47 bits per heavy atom. The van der Waals surface area contributed by atoms with Crippen molar-refractivity contribution in [1.82, 2.24) is 0 Å². The lowest BCUT2D eigenvalue weighted by molar-refractivity contribution is -0.149. The van der Waals surface area contributed by atoms with Crippen molar-refractivity contribution in [3.05, 3.63) is 29.8 Å². The number of carboxylic acids is 1. The van der Waals surface area contributed by atoms with Crippen LogP contribution in [0, 0.1) is 12.3 Å². The van der Waals surface area contributed by atoms with Crippen LogP contribution in [0.15, 0.2) is 24.3 Å². The molecule has 0 spiro atoms. The SMILES string of the molecule is C#CCOC(C(=O)O)c1ccc(OCC)cc1. The molecule has 1 rings (SSSR count). The summed E-state index contributed by atoms with van der Waals surface area (Å²) in [5.41, 5.74) is 0.538. The topological polar surface area (TPSA) is 55.8 Å². The predicted octanol–water partition coefficient (Wildman–Crippen LogP) is 1.86. The van der Waals surface area contributed by atoms with Gasteiger partial charge in [-0.25, -0.2) is 4.79 Å². The second-order valence-corrected chi connectivity index (χ2v) is 3.24. The zero-order valence-corrected chi connectivity index (χ0v) is 9.55. The molecule has 0 aromatic heterocycles. The van der Waals surface area contributed by atoms with E-state index in [1.807, 2.05) is 6.92 Å². The average molecular weight is 234 g/mol. The molecule has 0 aliphatic rings. The van der Waals surface area contributed by atoms with Gasteiger partial charge in [0.25, 0.3) is 0 Å². The van der Waals surface area contributed by atoms with Crippen molar-refractivity contribution in [3.8, 4) is 18.1 Å². The molecule has 0 bridgehead atoms. The fourth-order valence-electron chi connectivity index (χ4n) is 1.35. The molecule has 0 aliphatic heterocycles. The first-order valence-electron chi connectivity index (χ1n) is 5.19. The van der Waals surface area contributed by atoms with Crippen molar-refractivity contribution < 1.29 is 19.4 Å². The second kappa shape index (κ2) is 6.56. The van der Waals surface area contributed by atoms with Crippen LogP contribution in [0.1, 0.15) is 18.6 Å². The van der Waals surface area contributed by atoms with Crippen LogP contribution in [0.4, 0.5) is 0 Å². The molecule has 0 heterocycles. The second-order valence-electron chi connectivity index (χ2n) is 3.24. The molecular weight excluding hydrogens is 220 g/mol. The molecule has 0 radical (unpaired) electrons. The summed E-state index contributed by atoms with van der Waals surface area (Å²) in [6.45, 7) is 2.41. The van der Waals surface area contributed by atoms with Crippen molar-refractivity contribution >= 4 is 5.97 Å². The van der Waals surface area contributed by atoms with E-state index >= 15 is 0 Å². The van der Waals surface area contributed by atoms with Gasteiger partial charge in [0.1, 0.15) is 12.4 Å². The summed E-state index contributed by atoms with van der Waals surface area (Å²) in [5, 5.41) is 9.00. The highest BCUT2D eigenvalue weighted by Crippen LogP contribution is 2.21. The summed E-state index contributed by atoms with van der Waals surface area (Å²) in [7, 11) is 0. The van der Waals surface area contributed by atoms with Gasteiger partial charge in [-0.05, 0) is 24.6 Å². The number of hydrogen-bond donors (Lipinski definition) is 1. The molecule has 0 fully saturated rings. The smallest absolute Gasteiger partial charge is 0.337 e. The van der Waals surface area contributed by atoms with Crippen LogP contribution >= 0.6 is 0 Å². The van der Waals surface area contributed by atoms with E-state index in [2.05, 4.69) is 5.92 Å². The van der Waals surface area contributed by atoms with E-state index in [-0.39, 0.29) is 6.61 Å². The normalized spacial score (nSPS) is 11.5. The van der Waals surface area contributed by atoms with Crippen LogP contribution in [-0.2, 0) is 9.53 Å². The number of terminal acetylenes is 1. The maximum Gasteiger partial charge on any atom is 0.337 e. The van der Waals surface area contributed by atoms with Gasteiger partial charge in [0.05, 0.1) is 6.61 Å². The zero-order chi connectivity index (χ0) is 12.7. The maximum atomic E-state index is 11.0. The number of carboxylic acid groups (broad SMARTS) is 1. The van der Waals surface area contributed by atoms with E-state index in [1.54, 1.807) is 24.3 Å². The van der Waals surface area contributed by atoms with Crippen LogP contribution < -0.4 is 4.74 Å². The molecule has 4 nitrogen and oxygen atoms in total. The molecule has 1 unspecified atom stereocenters. The van der Waals surface area contributed by atoms with Gasteiger partial charge in [0.2, 0.25) is 0 Å². The largest absolute Gasteiger partial charge is 0.494 e. The summed E-state index contributed by atoms with van der Waals surface area (Å²) in [5.74, 6) is 1.87. The number of aliphatic carboxylic acids is 1. The Kier molecular flexibility index (Phi) is 5.05. The number of carbonyl (C=O) groups is 1. The van der Waals surface area contributed by atoms with Crippen LogP contribution in [0.3, 0.4) is 0 Å². The number of hydrogen-bond acceptors (Lipinski definition) is 3. The molecule has 1 N–H and O–H groups in total. The average Bonchev–Trinajstić information content (AvgIpc) is 2.31. The van der Waals surface area contributed by atoms with Gasteiger partial charge in [-0.3, -0.25) is 0 Å². The van der Waals surface area contributed by atoms with Gasteiger partial charge in [-0.15, -0.1) is 6.42 Å². The minimum absolute atomic E-state index is 0.0375. The molecule has 0 saturated carbocycles. The third-order valence-corrected chi connectivity index (χ3v) is 2.05. The van der Waals surface area contributed by atoms with Gasteiger partial charge in [0.15, 0.2) is 6.10 Å². The Labute approximate surface area is 100 Å². The fraction of sp³-hybridized carbons (Fsp3) is 0.308. The fourth-order valence-corrected chi connectivity index (χ4v) is 1.35. The standard InChI is InChI=1S/C13H14O4/c1-3-9-17-12(13(14)15)10-5-7-11(8-6-10)16-4-2/h1,5-8,12H,4,9H2,2H3,(H,14,15). The first-order valence-corrected chi connectivity index (χ1v) is 5.19. The third-order valence-electron chi connectivity index (χ3n) is 2.05. The van der Waals surface area contributed by atoms with Crippen LogP contribution in [0.2, 0.25) is 0 Å². The monoisotopic (exact) mass is 234 g/mol. The lowest BCUT2D eigenvalue weighted by Gasteiger charge is -2.12. The van der Waals surface area contributed by atoms with Crippen molar-refractivity contribution in [3.63, 3.8) is 0 Å². The van der Waals surface area contributed by atoms with E-state index in [1.165, 1.54) is 0 Å². The van der Waals surface area contributed by atoms with Gasteiger partial charge >= 0.3 is 5.97 Å². The van der Waals surface area contributed by atoms with E-state index in [0.29, 0.717) is 17.9 Å². The lowest BCUT2D eigenvalue weighted by atomic mass is 10.1. The lowest BCUT2D eigenvalue weighted by Crippen LogP contribution is -2.15. The molecule has 0 amide bonds. The molecule has 1 atom stereocenters. The molecule has 4 heteroatoms. The van der Waals surface area contributed by atoms with Crippen LogP contribution in [0.5, 0.6) is 5.75 Å². The van der Waals surface area contributed by atoms with E-state index in [0.717, 1.165) is 0 Å². The Morgan fingerprint density at radius 3 is 2.59 bits per heavy atom. The highest BCUT2D eigenvalue weighted by Gasteiger charge is 2.19. The number of ether oxygens (including phenoxy) is 2. The van der Waals surface area contributed by atoms with E-state index in [9.17, 15) is 4.79 Å². The molecule has 0 aliphatic carbocycles. The van der Waals surface area contributed by atoms with Gasteiger partial charge in [-0.1, -0.05) is 18.1 Å². The molecule has 1 aromatic carbocycles. The molecule has 0 saturated heterocycles. The van der Waals surface area contributed by atoms with Gasteiger partial charge in [-0.2, -0.15) is 0 Å². The van der Waals surface area contributed by atoms with Gasteiger partial charge in [0, 0.05) is 0 Å². The summed E-state index contributed by atoms with van der Waals surface area (Å²) in [6.07, 6.45) is 3.99. The van der Waals surface area contributed by atoms with Crippen molar-refractivity contribution in [2.45, 2.75) is 13.0 Å². The molecule has 17 heavy (non-hydrogen) atoms. The highest BCUT2D eigenvalue weighted by atomic mass is 16.5. The van der Waals surface area contributed by atoms with Crippen molar-refractivity contribution in [2.75, 3.05) is 13.2 Å². The summed E-state index contributed by atoms with van der Waals surface area (Å²) >= 11 is 0. The number of benzene rings is 1. The Bertz CT molecular complexity index is 402.